The fraction of sp³-hybridized carbons (Fsp3) is 0.218. The molecule has 0 unspecified atom stereocenters. The number of rotatable bonds is 11. The molecule has 0 aliphatic heterocycles. The molecule has 1 N–H and O–H groups in total. The number of nitrogens with one attached hydrogen (secondary N) is 1. The Bertz CT molecular complexity index is 2890. The van der Waals surface area contributed by atoms with E-state index in [9.17, 15) is 0 Å². The first-order valence-electron chi connectivity index (χ1n) is 21.5. The summed E-state index contributed by atoms with van der Waals surface area (Å²) in [5.41, 5.74) is 14.3. The molecule has 0 saturated heterocycles. The van der Waals surface area contributed by atoms with Crippen LogP contribution in [0.3, 0.4) is 0 Å². The van der Waals surface area contributed by atoms with E-state index < -0.39 is 0 Å². The third-order valence-corrected chi connectivity index (χ3v) is 13.1. The predicted molar refractivity (Wildman–Crippen MR) is 250 cm³/mol. The zero-order chi connectivity index (χ0) is 42.5. The first-order valence-corrected chi connectivity index (χ1v) is 21.5. The average molecular weight is 799 g/mol. The maximum Gasteiger partial charge on any atom is 0.269 e. The van der Waals surface area contributed by atoms with E-state index in [0.29, 0.717) is 11.8 Å². The molecule has 304 valence electrons. The molecule has 6 heteroatoms. The van der Waals surface area contributed by atoms with Gasteiger partial charge >= 0.3 is 0 Å². The zero-order valence-corrected chi connectivity index (χ0v) is 36.5. The SMILES string of the molecule is CC(C)c1cccc(C(C)C)c1-n1ccnc1-c1ncc(C(C)(C)C(C)(C)c2cccc(-[n+]3[c-]n(-c4c(-c5ccccc5)cccc4-c4ccccc4)c4ccccc43)c2)[nH]1. The molecule has 0 bridgehead atoms. The standard InChI is InChI=1S/C55H54N6/c1-37(2)43-26-18-27-44(38(3)4)50(43)59-33-32-56-53(59)52-57-35-49(58-52)55(7,8)54(5,6)41-24-17-25-42(34-41)60-36-61(48-31-16-15-30-47(48)60)51-45(39-20-11-9-12-21-39)28-19-29-46(51)40-22-13-10-14-23-40/h9-35,37-38H,1-8H3,(H,57,58). The van der Waals surface area contributed by atoms with Crippen molar-refractivity contribution in [1.29, 1.82) is 0 Å². The van der Waals surface area contributed by atoms with E-state index in [1.807, 2.05) is 12.4 Å². The number of aromatic amines is 1. The molecule has 0 aliphatic rings. The largest absolute Gasteiger partial charge is 0.339 e. The lowest BCUT2D eigenvalue weighted by atomic mass is 9.62. The van der Waals surface area contributed by atoms with Crippen molar-refractivity contribution in [3.8, 4) is 51.0 Å². The van der Waals surface area contributed by atoms with Crippen LogP contribution < -0.4 is 4.57 Å². The summed E-state index contributed by atoms with van der Waals surface area (Å²) in [5.74, 6) is 2.28. The molecule has 61 heavy (non-hydrogen) atoms. The minimum atomic E-state index is -0.352. The van der Waals surface area contributed by atoms with Gasteiger partial charge in [0.25, 0.3) is 6.33 Å². The van der Waals surface area contributed by atoms with E-state index >= 15 is 0 Å². The van der Waals surface area contributed by atoms with Gasteiger partial charge in [0.2, 0.25) is 0 Å². The Labute approximate surface area is 360 Å². The lowest BCUT2D eigenvalue weighted by Crippen LogP contribution is -2.41. The van der Waals surface area contributed by atoms with Gasteiger partial charge in [0, 0.05) is 29.7 Å². The summed E-state index contributed by atoms with van der Waals surface area (Å²) in [7, 11) is 0. The Morgan fingerprint density at radius 1 is 0.607 bits per heavy atom. The smallest absolute Gasteiger partial charge is 0.269 e. The summed E-state index contributed by atoms with van der Waals surface area (Å²) in [4.78, 5) is 13.6. The highest BCUT2D eigenvalue weighted by Crippen LogP contribution is 2.44. The van der Waals surface area contributed by atoms with Gasteiger partial charge in [0.1, 0.15) is 0 Å². The van der Waals surface area contributed by atoms with Gasteiger partial charge in [-0.1, -0.05) is 189 Å². The molecule has 0 saturated carbocycles. The first-order chi connectivity index (χ1) is 29.5. The molecule has 9 aromatic rings. The van der Waals surface area contributed by atoms with Gasteiger partial charge in [-0.2, -0.15) is 0 Å². The number of fused-ring (bicyclic) bond motifs is 1. The molecule has 0 atom stereocenters. The van der Waals surface area contributed by atoms with Gasteiger partial charge in [-0.05, 0) is 68.3 Å². The van der Waals surface area contributed by atoms with Crippen molar-refractivity contribution in [2.75, 3.05) is 0 Å². The third-order valence-electron chi connectivity index (χ3n) is 13.1. The molecule has 3 heterocycles. The zero-order valence-electron chi connectivity index (χ0n) is 36.5. The van der Waals surface area contributed by atoms with E-state index in [4.69, 9.17) is 9.97 Å². The van der Waals surface area contributed by atoms with Crippen LogP contribution in [0.25, 0.3) is 62.0 Å². The van der Waals surface area contributed by atoms with Gasteiger partial charge in [-0.3, -0.25) is 13.7 Å². The van der Waals surface area contributed by atoms with E-state index in [-0.39, 0.29) is 10.8 Å². The van der Waals surface area contributed by atoms with Crippen LogP contribution >= 0.6 is 0 Å². The number of H-pyrrole nitrogens is 1. The Morgan fingerprint density at radius 2 is 1.20 bits per heavy atom. The molecular formula is C55H54N6. The Hall–Kier alpha value is -6.79. The Morgan fingerprint density at radius 3 is 1.84 bits per heavy atom. The number of imidazole rings is 3. The molecule has 6 aromatic carbocycles. The molecule has 3 aromatic heterocycles. The summed E-state index contributed by atoms with van der Waals surface area (Å²) < 4.78 is 6.69. The number of nitrogens with zero attached hydrogens (tertiary/aromatic N) is 5. The molecule has 0 fully saturated rings. The van der Waals surface area contributed by atoms with E-state index in [1.54, 1.807) is 0 Å². The summed E-state index contributed by atoms with van der Waals surface area (Å²) in [6.07, 6.45) is 9.81. The second-order valence-electron chi connectivity index (χ2n) is 17.9. The summed E-state index contributed by atoms with van der Waals surface area (Å²) in [6.45, 7) is 18.3. The first kappa shape index (κ1) is 39.7. The molecule has 0 amide bonds. The minimum Gasteiger partial charge on any atom is -0.339 e. The summed E-state index contributed by atoms with van der Waals surface area (Å²) in [5, 5.41) is 0. The topological polar surface area (TPSA) is 55.3 Å². The van der Waals surface area contributed by atoms with Gasteiger partial charge in [-0.15, -0.1) is 0 Å². The summed E-state index contributed by atoms with van der Waals surface area (Å²) in [6, 6.07) is 52.1. The van der Waals surface area contributed by atoms with Crippen LogP contribution in [-0.2, 0) is 10.8 Å². The fourth-order valence-electron chi connectivity index (χ4n) is 8.84. The van der Waals surface area contributed by atoms with Crippen molar-refractivity contribution >= 4 is 11.0 Å². The number of hydrogen-bond acceptors (Lipinski definition) is 2. The van der Waals surface area contributed by atoms with Gasteiger partial charge < -0.3 is 4.98 Å². The number of hydrogen-bond donors (Lipinski definition) is 1. The van der Waals surface area contributed by atoms with Crippen molar-refractivity contribution in [3.05, 3.63) is 193 Å². The molecule has 0 radical (unpaired) electrons. The van der Waals surface area contributed by atoms with Crippen LogP contribution in [0.1, 0.15) is 89.6 Å². The number of aromatic nitrogens is 6. The van der Waals surface area contributed by atoms with Crippen molar-refractivity contribution in [3.63, 3.8) is 0 Å². The quantitative estimate of drug-likeness (QED) is 0.105. The second kappa shape index (κ2) is 15.7. The van der Waals surface area contributed by atoms with Crippen LogP contribution in [0, 0.1) is 6.33 Å². The Kier molecular flexibility index (Phi) is 10.2. The predicted octanol–water partition coefficient (Wildman–Crippen LogP) is 13.1. The molecule has 9 rings (SSSR count). The summed E-state index contributed by atoms with van der Waals surface area (Å²) >= 11 is 0. The van der Waals surface area contributed by atoms with E-state index in [1.165, 1.54) is 22.4 Å². The van der Waals surface area contributed by atoms with E-state index in [2.05, 4.69) is 232 Å². The van der Waals surface area contributed by atoms with Crippen molar-refractivity contribution in [2.45, 2.75) is 78.1 Å². The molecule has 6 nitrogen and oxygen atoms in total. The molecule has 0 spiro atoms. The highest BCUT2D eigenvalue weighted by molar-refractivity contribution is 5.88. The van der Waals surface area contributed by atoms with Crippen LogP contribution in [0.4, 0.5) is 0 Å². The van der Waals surface area contributed by atoms with Crippen molar-refractivity contribution in [1.82, 2.24) is 24.1 Å². The number of para-hydroxylation sites is 4. The lowest BCUT2D eigenvalue weighted by molar-refractivity contribution is -0.572. The average Bonchev–Trinajstić information content (AvgIpc) is 4.06. The highest BCUT2D eigenvalue weighted by atomic mass is 15.1. The normalized spacial score (nSPS) is 12.2. The van der Waals surface area contributed by atoms with Crippen molar-refractivity contribution < 1.29 is 4.57 Å². The van der Waals surface area contributed by atoms with Crippen LogP contribution in [0.5, 0.6) is 0 Å². The van der Waals surface area contributed by atoms with Crippen LogP contribution in [0.2, 0.25) is 0 Å². The van der Waals surface area contributed by atoms with Crippen molar-refractivity contribution in [2.24, 2.45) is 0 Å². The second-order valence-corrected chi connectivity index (χ2v) is 17.9. The van der Waals surface area contributed by atoms with E-state index in [0.717, 1.165) is 62.0 Å². The van der Waals surface area contributed by atoms with Gasteiger partial charge in [0.05, 0.1) is 28.1 Å². The monoisotopic (exact) mass is 798 g/mol. The van der Waals surface area contributed by atoms with Gasteiger partial charge in [-0.25, -0.2) is 9.97 Å². The van der Waals surface area contributed by atoms with Gasteiger partial charge in [0.15, 0.2) is 11.6 Å². The minimum absolute atomic E-state index is 0.323. The van der Waals surface area contributed by atoms with Crippen LogP contribution in [0.15, 0.2) is 164 Å². The van der Waals surface area contributed by atoms with Crippen LogP contribution in [-0.4, -0.2) is 24.1 Å². The fourth-order valence-corrected chi connectivity index (χ4v) is 8.84. The lowest BCUT2D eigenvalue weighted by Gasteiger charge is -2.41. The maximum absolute atomic E-state index is 5.01. The third kappa shape index (κ3) is 6.90. The Balaban J connectivity index is 1.12. The highest BCUT2D eigenvalue weighted by Gasteiger charge is 2.41. The number of benzene rings is 6. The molecular weight excluding hydrogens is 745 g/mol. The maximum atomic E-state index is 5.01. The molecule has 0 aliphatic carbocycles.